The molecule has 0 aliphatic carbocycles. The van der Waals surface area contributed by atoms with Gasteiger partial charge in [0.25, 0.3) is 0 Å². The summed E-state index contributed by atoms with van der Waals surface area (Å²) in [6.07, 6.45) is 3.62. The van der Waals surface area contributed by atoms with Gasteiger partial charge in [-0.25, -0.2) is 4.39 Å². The molecular formula is C12H14FN3. The highest BCUT2D eigenvalue weighted by molar-refractivity contribution is 5.51. The lowest BCUT2D eigenvalue weighted by molar-refractivity contribution is 0.617. The molecule has 2 rings (SSSR count). The van der Waals surface area contributed by atoms with Crippen LogP contribution in [-0.4, -0.2) is 16.3 Å². The zero-order chi connectivity index (χ0) is 11.4. The van der Waals surface area contributed by atoms with Crippen molar-refractivity contribution in [3.63, 3.8) is 0 Å². The Hall–Kier alpha value is -1.84. The van der Waals surface area contributed by atoms with Gasteiger partial charge in [0.05, 0.1) is 12.2 Å². The van der Waals surface area contributed by atoms with E-state index in [1.54, 1.807) is 12.3 Å². The van der Waals surface area contributed by atoms with Gasteiger partial charge >= 0.3 is 0 Å². The van der Waals surface area contributed by atoms with Crippen LogP contribution in [0.2, 0.25) is 0 Å². The SMILES string of the molecule is Cc1cccc(F)c1NCCn1cccn1. The lowest BCUT2D eigenvalue weighted by Crippen LogP contribution is -2.12. The molecule has 0 spiro atoms. The lowest BCUT2D eigenvalue weighted by Gasteiger charge is -2.10. The number of rotatable bonds is 4. The number of nitrogens with zero attached hydrogens (tertiary/aromatic N) is 2. The molecular weight excluding hydrogens is 205 g/mol. The molecule has 0 atom stereocenters. The maximum atomic E-state index is 13.4. The number of hydrogen-bond acceptors (Lipinski definition) is 2. The molecule has 1 aromatic carbocycles. The van der Waals surface area contributed by atoms with E-state index in [1.807, 2.05) is 29.9 Å². The minimum absolute atomic E-state index is 0.208. The summed E-state index contributed by atoms with van der Waals surface area (Å²) in [7, 11) is 0. The molecule has 1 aromatic heterocycles. The molecule has 0 bridgehead atoms. The summed E-state index contributed by atoms with van der Waals surface area (Å²) < 4.78 is 15.2. The van der Waals surface area contributed by atoms with Crippen molar-refractivity contribution in [3.8, 4) is 0 Å². The Bertz CT molecular complexity index is 431. The van der Waals surface area contributed by atoms with Crippen LogP contribution in [0.3, 0.4) is 0 Å². The van der Waals surface area contributed by atoms with Gasteiger partial charge in [0, 0.05) is 18.9 Å². The molecule has 16 heavy (non-hydrogen) atoms. The van der Waals surface area contributed by atoms with Crippen molar-refractivity contribution in [1.82, 2.24) is 9.78 Å². The number of benzene rings is 1. The maximum Gasteiger partial charge on any atom is 0.146 e. The number of aryl methyl sites for hydroxylation is 1. The van der Waals surface area contributed by atoms with Gasteiger partial charge < -0.3 is 5.32 Å². The molecule has 1 heterocycles. The standard InChI is InChI=1S/C12H14FN3/c1-10-4-2-5-11(13)12(10)14-7-9-16-8-3-6-15-16/h2-6,8,14H,7,9H2,1H3. The van der Waals surface area contributed by atoms with Crippen molar-refractivity contribution in [2.75, 3.05) is 11.9 Å². The largest absolute Gasteiger partial charge is 0.381 e. The molecule has 2 aromatic rings. The third kappa shape index (κ3) is 2.39. The van der Waals surface area contributed by atoms with Gasteiger partial charge in [-0.1, -0.05) is 12.1 Å². The number of anilines is 1. The van der Waals surface area contributed by atoms with E-state index in [4.69, 9.17) is 0 Å². The third-order valence-electron chi connectivity index (χ3n) is 2.42. The number of aromatic nitrogens is 2. The summed E-state index contributed by atoms with van der Waals surface area (Å²) in [6, 6.07) is 6.93. The Kier molecular flexibility index (Phi) is 3.19. The Morgan fingerprint density at radius 3 is 2.94 bits per heavy atom. The van der Waals surface area contributed by atoms with Crippen molar-refractivity contribution < 1.29 is 4.39 Å². The first-order valence-corrected chi connectivity index (χ1v) is 5.24. The van der Waals surface area contributed by atoms with Gasteiger partial charge in [0.15, 0.2) is 0 Å². The fourth-order valence-corrected chi connectivity index (χ4v) is 1.58. The highest BCUT2D eigenvalue weighted by Crippen LogP contribution is 2.18. The fourth-order valence-electron chi connectivity index (χ4n) is 1.58. The molecule has 1 N–H and O–H groups in total. The van der Waals surface area contributed by atoms with Crippen molar-refractivity contribution in [3.05, 3.63) is 48.0 Å². The molecule has 0 radical (unpaired) electrons. The van der Waals surface area contributed by atoms with E-state index in [2.05, 4.69) is 10.4 Å². The van der Waals surface area contributed by atoms with Crippen molar-refractivity contribution in [1.29, 1.82) is 0 Å². The van der Waals surface area contributed by atoms with Crippen molar-refractivity contribution >= 4 is 5.69 Å². The van der Waals surface area contributed by atoms with E-state index in [9.17, 15) is 4.39 Å². The predicted molar refractivity (Wildman–Crippen MR) is 61.9 cm³/mol. The van der Waals surface area contributed by atoms with Crippen molar-refractivity contribution in [2.45, 2.75) is 13.5 Å². The average Bonchev–Trinajstić information content (AvgIpc) is 2.75. The van der Waals surface area contributed by atoms with Crippen LogP contribution in [0, 0.1) is 12.7 Å². The van der Waals surface area contributed by atoms with E-state index in [0.29, 0.717) is 12.2 Å². The molecule has 84 valence electrons. The number of nitrogens with one attached hydrogen (secondary N) is 1. The first-order valence-electron chi connectivity index (χ1n) is 5.24. The Labute approximate surface area is 93.9 Å². The van der Waals surface area contributed by atoms with E-state index in [-0.39, 0.29) is 5.82 Å². The Morgan fingerprint density at radius 2 is 2.25 bits per heavy atom. The van der Waals surface area contributed by atoms with Crippen LogP contribution < -0.4 is 5.32 Å². The molecule has 4 heteroatoms. The van der Waals surface area contributed by atoms with Crippen LogP contribution in [0.25, 0.3) is 0 Å². The van der Waals surface area contributed by atoms with Crippen LogP contribution in [0.15, 0.2) is 36.7 Å². The summed E-state index contributed by atoms with van der Waals surface area (Å²) in [5, 5.41) is 7.16. The van der Waals surface area contributed by atoms with Crippen LogP contribution in [-0.2, 0) is 6.54 Å². The summed E-state index contributed by atoms with van der Waals surface area (Å²) in [5.41, 5.74) is 1.50. The molecule has 0 aliphatic heterocycles. The molecule has 0 aliphatic rings. The molecule has 3 nitrogen and oxygen atoms in total. The minimum Gasteiger partial charge on any atom is -0.381 e. The minimum atomic E-state index is -0.208. The first-order chi connectivity index (χ1) is 7.77. The van der Waals surface area contributed by atoms with E-state index in [0.717, 1.165) is 12.1 Å². The maximum absolute atomic E-state index is 13.4. The predicted octanol–water partition coefficient (Wildman–Crippen LogP) is 2.44. The van der Waals surface area contributed by atoms with Crippen LogP contribution in [0.5, 0.6) is 0 Å². The molecule has 0 amide bonds. The van der Waals surface area contributed by atoms with Crippen molar-refractivity contribution in [2.24, 2.45) is 0 Å². The molecule has 0 saturated carbocycles. The molecule has 0 fully saturated rings. The zero-order valence-electron chi connectivity index (χ0n) is 9.15. The highest BCUT2D eigenvalue weighted by atomic mass is 19.1. The number of halogens is 1. The quantitative estimate of drug-likeness (QED) is 0.856. The Balaban J connectivity index is 1.95. The van der Waals surface area contributed by atoms with Gasteiger partial charge in [-0.3, -0.25) is 4.68 Å². The smallest absolute Gasteiger partial charge is 0.146 e. The normalized spacial score (nSPS) is 10.4. The second kappa shape index (κ2) is 4.79. The zero-order valence-corrected chi connectivity index (χ0v) is 9.15. The molecule has 0 saturated heterocycles. The number of hydrogen-bond donors (Lipinski definition) is 1. The second-order valence-electron chi connectivity index (χ2n) is 3.63. The van der Waals surface area contributed by atoms with Crippen LogP contribution in [0.1, 0.15) is 5.56 Å². The van der Waals surface area contributed by atoms with Gasteiger partial charge in [-0.05, 0) is 24.6 Å². The highest BCUT2D eigenvalue weighted by Gasteiger charge is 2.03. The van der Waals surface area contributed by atoms with E-state index < -0.39 is 0 Å². The van der Waals surface area contributed by atoms with E-state index >= 15 is 0 Å². The lowest BCUT2D eigenvalue weighted by atomic mass is 10.2. The topological polar surface area (TPSA) is 29.9 Å². The Morgan fingerprint density at radius 1 is 1.38 bits per heavy atom. The van der Waals surface area contributed by atoms with Gasteiger partial charge in [0.2, 0.25) is 0 Å². The average molecular weight is 219 g/mol. The van der Waals surface area contributed by atoms with Gasteiger partial charge in [-0.15, -0.1) is 0 Å². The summed E-state index contributed by atoms with van der Waals surface area (Å²) in [5.74, 6) is -0.208. The summed E-state index contributed by atoms with van der Waals surface area (Å²) in [6.45, 7) is 3.27. The third-order valence-corrected chi connectivity index (χ3v) is 2.42. The van der Waals surface area contributed by atoms with E-state index in [1.165, 1.54) is 6.07 Å². The first kappa shape index (κ1) is 10.7. The fraction of sp³-hybridized carbons (Fsp3) is 0.250. The van der Waals surface area contributed by atoms with Gasteiger partial charge in [-0.2, -0.15) is 5.10 Å². The van der Waals surface area contributed by atoms with Crippen LogP contribution >= 0.6 is 0 Å². The second-order valence-corrected chi connectivity index (χ2v) is 3.63. The number of para-hydroxylation sites is 1. The van der Waals surface area contributed by atoms with Crippen LogP contribution in [0.4, 0.5) is 10.1 Å². The monoisotopic (exact) mass is 219 g/mol. The molecule has 0 unspecified atom stereocenters. The van der Waals surface area contributed by atoms with Gasteiger partial charge in [0.1, 0.15) is 5.82 Å². The summed E-state index contributed by atoms with van der Waals surface area (Å²) >= 11 is 0. The summed E-state index contributed by atoms with van der Waals surface area (Å²) in [4.78, 5) is 0.